The minimum atomic E-state index is -0.984. The van der Waals surface area contributed by atoms with Crippen LogP contribution in [0.1, 0.15) is 31.7 Å². The van der Waals surface area contributed by atoms with Crippen LogP contribution in [-0.2, 0) is 4.79 Å². The fraction of sp³-hybridized carbons (Fsp3) is 0.409. The predicted octanol–water partition coefficient (Wildman–Crippen LogP) is 2.74. The summed E-state index contributed by atoms with van der Waals surface area (Å²) in [5, 5.41) is 11.8. The van der Waals surface area contributed by atoms with Crippen LogP contribution in [0.4, 0.5) is 26.2 Å². The topological polar surface area (TPSA) is 91.0 Å². The average molecular weight is 428 g/mol. The van der Waals surface area contributed by atoms with Crippen molar-refractivity contribution < 1.29 is 13.6 Å². The number of alkyl halides is 1. The van der Waals surface area contributed by atoms with Gasteiger partial charge in [-0.05, 0) is 37.6 Å². The highest BCUT2D eigenvalue weighted by Gasteiger charge is 2.40. The summed E-state index contributed by atoms with van der Waals surface area (Å²) in [5.41, 5.74) is 0.481. The third kappa shape index (κ3) is 6.12. The van der Waals surface area contributed by atoms with E-state index in [2.05, 4.69) is 43.1 Å². The van der Waals surface area contributed by atoms with Crippen molar-refractivity contribution in [3.63, 3.8) is 0 Å². The molecule has 4 N–H and O–H groups in total. The molecule has 2 heterocycles. The van der Waals surface area contributed by atoms with Gasteiger partial charge in [-0.3, -0.25) is 4.79 Å². The summed E-state index contributed by atoms with van der Waals surface area (Å²) in [6.07, 6.45) is 2.07. The van der Waals surface area contributed by atoms with E-state index in [-0.39, 0.29) is 24.7 Å². The first-order valence-electron chi connectivity index (χ1n) is 10.1. The second-order valence-corrected chi connectivity index (χ2v) is 7.51. The monoisotopic (exact) mass is 428 g/mol. The zero-order valence-corrected chi connectivity index (χ0v) is 17.6. The maximum Gasteiger partial charge on any atom is 0.240 e. The predicted molar refractivity (Wildman–Crippen MR) is 116 cm³/mol. The molecule has 1 aromatic carbocycles. The third-order valence-electron chi connectivity index (χ3n) is 4.96. The highest BCUT2D eigenvalue weighted by molar-refractivity contribution is 5.86. The van der Waals surface area contributed by atoms with Crippen molar-refractivity contribution in [1.82, 2.24) is 20.6 Å². The molecule has 0 aliphatic carbocycles. The van der Waals surface area contributed by atoms with Crippen LogP contribution >= 0.6 is 0 Å². The highest BCUT2D eigenvalue weighted by atomic mass is 19.1. The first-order chi connectivity index (χ1) is 14.9. The molecule has 0 spiro atoms. The van der Waals surface area contributed by atoms with E-state index in [1.807, 2.05) is 0 Å². The Morgan fingerprint density at radius 2 is 2.13 bits per heavy atom. The molecule has 0 bridgehead atoms. The maximum atomic E-state index is 13.3. The Morgan fingerprint density at radius 3 is 2.81 bits per heavy atom. The molecule has 2 atom stereocenters. The van der Waals surface area contributed by atoms with Gasteiger partial charge in [0.2, 0.25) is 11.9 Å². The summed E-state index contributed by atoms with van der Waals surface area (Å²) in [4.78, 5) is 20.8. The molecular formula is C22H26F2N6O. The van der Waals surface area contributed by atoms with Crippen LogP contribution in [0.2, 0.25) is 0 Å². The number of hydrogen-bond donors (Lipinski definition) is 4. The van der Waals surface area contributed by atoms with Gasteiger partial charge in [-0.25, -0.2) is 13.8 Å². The molecule has 9 heteroatoms. The van der Waals surface area contributed by atoms with Crippen LogP contribution in [-0.4, -0.2) is 47.7 Å². The molecular weight excluding hydrogens is 402 g/mol. The van der Waals surface area contributed by atoms with Gasteiger partial charge in [0.15, 0.2) is 0 Å². The molecule has 1 saturated heterocycles. The lowest BCUT2D eigenvalue weighted by molar-refractivity contribution is -0.126. The van der Waals surface area contributed by atoms with E-state index in [1.165, 1.54) is 12.1 Å². The molecule has 0 unspecified atom stereocenters. The van der Waals surface area contributed by atoms with E-state index < -0.39 is 11.7 Å². The van der Waals surface area contributed by atoms with Crippen molar-refractivity contribution in [3.8, 4) is 11.8 Å². The lowest BCUT2D eigenvalue weighted by Crippen LogP contribution is -2.51. The van der Waals surface area contributed by atoms with Crippen LogP contribution in [0.15, 0.2) is 30.5 Å². The molecule has 1 aromatic heterocycles. The number of aromatic nitrogens is 2. The van der Waals surface area contributed by atoms with E-state index in [4.69, 9.17) is 0 Å². The summed E-state index contributed by atoms with van der Waals surface area (Å²) >= 11 is 0. The fourth-order valence-electron chi connectivity index (χ4n) is 3.21. The Hall–Kier alpha value is -3.25. The van der Waals surface area contributed by atoms with Crippen LogP contribution in [0.3, 0.4) is 0 Å². The standard InChI is InChI=1S/C22H26F2N6O/c1-22(12-17(24)14-28-22)20(31)26-11-5-3-4-6-15-13-27-21(30-19(15)25-2)29-18-9-7-16(23)8-10-18/h7-10,13,17,28H,3,5,11-12,14H2,1-2H3,(H,26,31)(H2,25,27,29,30)/t17-,22-/m0/s1. The second-order valence-electron chi connectivity index (χ2n) is 7.51. The van der Waals surface area contributed by atoms with E-state index >= 15 is 0 Å². The first kappa shape index (κ1) is 22.4. The summed E-state index contributed by atoms with van der Waals surface area (Å²) in [7, 11) is 1.74. The van der Waals surface area contributed by atoms with Crippen LogP contribution in [0.25, 0.3) is 0 Å². The molecule has 31 heavy (non-hydrogen) atoms. The van der Waals surface area contributed by atoms with Crippen molar-refractivity contribution in [2.75, 3.05) is 30.8 Å². The zero-order valence-electron chi connectivity index (χ0n) is 17.6. The maximum absolute atomic E-state index is 13.3. The number of hydrogen-bond acceptors (Lipinski definition) is 6. The van der Waals surface area contributed by atoms with Crippen LogP contribution in [0.5, 0.6) is 0 Å². The number of nitrogens with zero attached hydrogens (tertiary/aromatic N) is 2. The molecule has 2 aromatic rings. The van der Waals surface area contributed by atoms with Gasteiger partial charge in [0.25, 0.3) is 0 Å². The first-order valence-corrected chi connectivity index (χ1v) is 10.1. The lowest BCUT2D eigenvalue weighted by Gasteiger charge is -2.22. The number of carbonyl (C=O) groups is 1. The van der Waals surface area contributed by atoms with Gasteiger partial charge in [0.1, 0.15) is 17.8 Å². The molecule has 164 valence electrons. The quantitative estimate of drug-likeness (QED) is 0.401. The molecule has 1 aliphatic heterocycles. The third-order valence-corrected chi connectivity index (χ3v) is 4.96. The van der Waals surface area contributed by atoms with Gasteiger partial charge in [-0.15, -0.1) is 0 Å². The van der Waals surface area contributed by atoms with Gasteiger partial charge in [0.05, 0.1) is 17.3 Å². The van der Waals surface area contributed by atoms with Gasteiger partial charge in [-0.1, -0.05) is 11.8 Å². The molecule has 3 rings (SSSR count). The SMILES string of the molecule is CNc1nc(Nc2ccc(F)cc2)ncc1C#CCCCNC(=O)[C@]1(C)C[C@H](F)CN1. The summed E-state index contributed by atoms with van der Waals surface area (Å²) in [6.45, 7) is 2.40. The van der Waals surface area contributed by atoms with Gasteiger partial charge >= 0.3 is 0 Å². The van der Waals surface area contributed by atoms with Gasteiger partial charge < -0.3 is 21.3 Å². The van der Waals surface area contributed by atoms with Gasteiger partial charge in [-0.2, -0.15) is 4.98 Å². The molecule has 1 fully saturated rings. The van der Waals surface area contributed by atoms with Crippen molar-refractivity contribution in [3.05, 3.63) is 41.8 Å². The Bertz CT molecular complexity index is 972. The molecule has 7 nitrogen and oxygen atoms in total. The lowest BCUT2D eigenvalue weighted by atomic mass is 9.99. The normalized spacial score (nSPS) is 19.9. The average Bonchev–Trinajstić information content (AvgIpc) is 3.12. The van der Waals surface area contributed by atoms with Crippen molar-refractivity contribution in [1.29, 1.82) is 0 Å². The summed E-state index contributed by atoms with van der Waals surface area (Å²) in [6, 6.07) is 5.91. The highest BCUT2D eigenvalue weighted by Crippen LogP contribution is 2.21. The fourth-order valence-corrected chi connectivity index (χ4v) is 3.21. The van der Waals surface area contributed by atoms with Crippen molar-refractivity contribution >= 4 is 23.4 Å². The Balaban J connectivity index is 1.49. The van der Waals surface area contributed by atoms with Crippen molar-refractivity contribution in [2.24, 2.45) is 0 Å². The Morgan fingerprint density at radius 1 is 1.35 bits per heavy atom. The van der Waals surface area contributed by atoms with Crippen molar-refractivity contribution in [2.45, 2.75) is 37.9 Å². The largest absolute Gasteiger partial charge is 0.372 e. The number of nitrogens with one attached hydrogen (secondary N) is 4. The van der Waals surface area contributed by atoms with E-state index in [0.29, 0.717) is 42.4 Å². The number of benzene rings is 1. The number of rotatable bonds is 7. The second kappa shape index (κ2) is 10.2. The molecule has 1 aliphatic rings. The molecule has 0 radical (unpaired) electrons. The molecule has 1 amide bonds. The van der Waals surface area contributed by atoms with Gasteiger partial charge in [0, 0.05) is 38.7 Å². The smallest absolute Gasteiger partial charge is 0.240 e. The van der Waals surface area contributed by atoms with E-state index in [1.54, 1.807) is 32.3 Å². The zero-order chi connectivity index (χ0) is 22.3. The number of anilines is 3. The number of halogens is 2. The number of unbranched alkanes of at least 4 members (excludes halogenated alkanes) is 1. The Kier molecular flexibility index (Phi) is 7.36. The number of amides is 1. The van der Waals surface area contributed by atoms with Crippen LogP contribution in [0, 0.1) is 17.7 Å². The molecule has 0 saturated carbocycles. The minimum absolute atomic E-state index is 0.185. The van der Waals surface area contributed by atoms with Crippen LogP contribution < -0.4 is 21.3 Å². The Labute approximate surface area is 180 Å². The van der Waals surface area contributed by atoms with E-state index in [9.17, 15) is 13.6 Å². The summed E-state index contributed by atoms with van der Waals surface area (Å²) in [5.74, 6) is 6.52. The van der Waals surface area contributed by atoms with E-state index in [0.717, 1.165) is 0 Å². The number of carbonyl (C=O) groups excluding carboxylic acids is 1. The summed E-state index contributed by atoms with van der Waals surface area (Å²) < 4.78 is 26.4. The minimum Gasteiger partial charge on any atom is -0.372 e.